The van der Waals surface area contributed by atoms with Gasteiger partial charge in [-0.1, -0.05) is 5.16 Å². The molecule has 0 spiro atoms. The summed E-state index contributed by atoms with van der Waals surface area (Å²) in [5.74, 6) is 0.676. The predicted molar refractivity (Wildman–Crippen MR) is 61.8 cm³/mol. The summed E-state index contributed by atoms with van der Waals surface area (Å²) in [5.41, 5.74) is 5.88. The van der Waals surface area contributed by atoms with Gasteiger partial charge in [0.05, 0.1) is 6.54 Å². The fraction of sp³-hybridized carbons (Fsp3) is 0.250. The molecule has 92 valence electrons. The van der Waals surface area contributed by atoms with Crippen molar-refractivity contribution in [2.75, 3.05) is 5.73 Å². The third kappa shape index (κ3) is 2.81. The molecule has 0 aliphatic heterocycles. The van der Waals surface area contributed by atoms with Gasteiger partial charge in [0.1, 0.15) is 4.21 Å². The molecule has 0 radical (unpaired) electrons. The molecule has 0 atom stereocenters. The van der Waals surface area contributed by atoms with Crippen LogP contribution in [0.15, 0.2) is 20.2 Å². The number of rotatable bonds is 4. The van der Waals surface area contributed by atoms with Gasteiger partial charge in [0.15, 0.2) is 5.82 Å². The Morgan fingerprint density at radius 3 is 2.88 bits per heavy atom. The molecule has 0 unspecified atom stereocenters. The Kier molecular flexibility index (Phi) is 3.13. The van der Waals surface area contributed by atoms with Crippen molar-refractivity contribution in [3.8, 4) is 0 Å². The van der Waals surface area contributed by atoms with Crippen molar-refractivity contribution >= 4 is 27.0 Å². The van der Waals surface area contributed by atoms with E-state index in [4.69, 9.17) is 10.3 Å². The Bertz CT molecular complexity index is 616. The highest BCUT2D eigenvalue weighted by Crippen LogP contribution is 2.21. The van der Waals surface area contributed by atoms with Gasteiger partial charge in [0.25, 0.3) is 10.0 Å². The van der Waals surface area contributed by atoms with Gasteiger partial charge in [0, 0.05) is 11.1 Å². The first-order valence-corrected chi connectivity index (χ1v) is 6.96. The highest BCUT2D eigenvalue weighted by atomic mass is 32.2. The number of nitrogens with one attached hydrogen (secondary N) is 1. The molecule has 0 saturated carbocycles. The van der Waals surface area contributed by atoms with E-state index in [2.05, 4.69) is 14.9 Å². The minimum Gasteiger partial charge on any atom is -0.398 e. The Morgan fingerprint density at radius 1 is 1.59 bits per heavy atom. The Balaban J connectivity index is 2.08. The summed E-state index contributed by atoms with van der Waals surface area (Å²) in [5, 5.41) is 5.12. The van der Waals surface area contributed by atoms with E-state index in [-0.39, 0.29) is 16.6 Å². The number of nitrogens with two attached hydrogens (primary N) is 1. The van der Waals surface area contributed by atoms with Crippen LogP contribution in [-0.4, -0.2) is 18.6 Å². The molecule has 2 aromatic heterocycles. The number of hydrogen-bond donors (Lipinski definition) is 2. The number of thiophene rings is 1. The lowest BCUT2D eigenvalue weighted by Crippen LogP contribution is -2.22. The van der Waals surface area contributed by atoms with Crippen LogP contribution in [0.2, 0.25) is 0 Å². The monoisotopic (exact) mass is 274 g/mol. The summed E-state index contributed by atoms with van der Waals surface area (Å²) in [6.45, 7) is 1.61. The van der Waals surface area contributed by atoms with E-state index >= 15 is 0 Å². The summed E-state index contributed by atoms with van der Waals surface area (Å²) in [4.78, 5) is 3.89. The Morgan fingerprint density at radius 2 is 2.35 bits per heavy atom. The highest BCUT2D eigenvalue weighted by molar-refractivity contribution is 7.91. The molecule has 0 saturated heterocycles. The normalized spacial score (nSPS) is 11.8. The van der Waals surface area contributed by atoms with Gasteiger partial charge in [-0.05, 0) is 13.0 Å². The van der Waals surface area contributed by atoms with Gasteiger partial charge in [-0.15, -0.1) is 11.3 Å². The van der Waals surface area contributed by atoms with Crippen LogP contribution in [0.5, 0.6) is 0 Å². The van der Waals surface area contributed by atoms with Crippen molar-refractivity contribution in [2.45, 2.75) is 17.7 Å². The average Bonchev–Trinajstić information content (AvgIpc) is 2.85. The molecule has 0 aliphatic carbocycles. The van der Waals surface area contributed by atoms with Crippen molar-refractivity contribution in [3.63, 3.8) is 0 Å². The van der Waals surface area contributed by atoms with Gasteiger partial charge >= 0.3 is 0 Å². The summed E-state index contributed by atoms with van der Waals surface area (Å²) in [6, 6.07) is 1.39. The fourth-order valence-electron chi connectivity index (χ4n) is 1.11. The van der Waals surface area contributed by atoms with Crippen molar-refractivity contribution in [2.24, 2.45) is 0 Å². The number of hydrogen-bond acceptors (Lipinski definition) is 7. The van der Waals surface area contributed by atoms with Crippen LogP contribution >= 0.6 is 11.3 Å². The molecule has 2 aromatic rings. The second-order valence-corrected chi connectivity index (χ2v) is 6.16. The average molecular weight is 274 g/mol. The smallest absolute Gasteiger partial charge is 0.250 e. The largest absolute Gasteiger partial charge is 0.398 e. The fourth-order valence-corrected chi connectivity index (χ4v) is 3.21. The number of sulfonamides is 1. The zero-order chi connectivity index (χ0) is 12.5. The second-order valence-electron chi connectivity index (χ2n) is 3.26. The molecule has 0 aromatic carbocycles. The SMILES string of the molecule is Cc1noc(CNS(=O)(=O)c2cc(N)cs2)n1. The topological polar surface area (TPSA) is 111 Å². The first-order valence-electron chi connectivity index (χ1n) is 4.60. The van der Waals surface area contributed by atoms with Crippen LogP contribution in [0.3, 0.4) is 0 Å². The summed E-state index contributed by atoms with van der Waals surface area (Å²) < 4.78 is 30.9. The Hall–Kier alpha value is -1.45. The molecule has 9 heteroatoms. The maximum absolute atomic E-state index is 11.8. The van der Waals surface area contributed by atoms with E-state index in [1.54, 1.807) is 12.3 Å². The minimum atomic E-state index is -3.57. The molecule has 0 amide bonds. The molecule has 3 N–H and O–H groups in total. The first kappa shape index (κ1) is 12.0. The lowest BCUT2D eigenvalue weighted by Gasteiger charge is -2.00. The summed E-state index contributed by atoms with van der Waals surface area (Å²) in [7, 11) is -3.57. The number of nitrogen functional groups attached to an aromatic ring is 1. The van der Waals surface area contributed by atoms with Crippen molar-refractivity contribution in [1.29, 1.82) is 0 Å². The molecule has 0 fully saturated rings. The van der Waals surface area contributed by atoms with Crippen LogP contribution in [0.4, 0.5) is 5.69 Å². The third-order valence-electron chi connectivity index (χ3n) is 1.84. The molecule has 2 heterocycles. The number of aryl methyl sites for hydroxylation is 1. The molecular weight excluding hydrogens is 264 g/mol. The van der Waals surface area contributed by atoms with Crippen LogP contribution in [0.25, 0.3) is 0 Å². The van der Waals surface area contributed by atoms with Gasteiger partial charge in [0.2, 0.25) is 5.89 Å². The Labute approximate surface area is 102 Å². The lowest BCUT2D eigenvalue weighted by atomic mass is 10.6. The van der Waals surface area contributed by atoms with Gasteiger partial charge in [-0.2, -0.15) is 4.98 Å². The van der Waals surface area contributed by atoms with Gasteiger partial charge in [-0.25, -0.2) is 13.1 Å². The van der Waals surface area contributed by atoms with E-state index in [9.17, 15) is 8.42 Å². The van der Waals surface area contributed by atoms with Crippen LogP contribution < -0.4 is 10.5 Å². The second kappa shape index (κ2) is 4.43. The zero-order valence-electron chi connectivity index (χ0n) is 8.87. The van der Waals surface area contributed by atoms with Crippen molar-refractivity contribution in [1.82, 2.24) is 14.9 Å². The quantitative estimate of drug-likeness (QED) is 0.839. The van der Waals surface area contributed by atoms with Crippen molar-refractivity contribution < 1.29 is 12.9 Å². The minimum absolute atomic E-state index is 0.0407. The van der Waals surface area contributed by atoms with Crippen LogP contribution in [0.1, 0.15) is 11.7 Å². The standard InChI is InChI=1S/C8H10N4O3S2/c1-5-11-7(15-12-5)3-10-17(13,14)8-2-6(9)4-16-8/h2,4,10H,3,9H2,1H3. The molecule has 2 rings (SSSR count). The highest BCUT2D eigenvalue weighted by Gasteiger charge is 2.17. The van der Waals surface area contributed by atoms with E-state index < -0.39 is 10.0 Å². The van der Waals surface area contributed by atoms with Crippen molar-refractivity contribution in [3.05, 3.63) is 23.2 Å². The van der Waals surface area contributed by atoms with E-state index in [0.29, 0.717) is 11.5 Å². The lowest BCUT2D eigenvalue weighted by molar-refractivity contribution is 0.372. The maximum Gasteiger partial charge on any atom is 0.250 e. The number of aromatic nitrogens is 2. The molecule has 7 nitrogen and oxygen atoms in total. The third-order valence-corrected chi connectivity index (χ3v) is 4.70. The zero-order valence-corrected chi connectivity index (χ0v) is 10.5. The molecule has 0 aliphatic rings. The number of anilines is 1. The summed E-state index contributed by atoms with van der Waals surface area (Å²) in [6.07, 6.45) is 0. The molecular formula is C8H10N4O3S2. The maximum atomic E-state index is 11.8. The van der Waals surface area contributed by atoms with Gasteiger partial charge < -0.3 is 10.3 Å². The van der Waals surface area contributed by atoms with E-state index in [1.165, 1.54) is 6.07 Å². The van der Waals surface area contributed by atoms with E-state index in [0.717, 1.165) is 11.3 Å². The number of nitrogens with zero attached hydrogens (tertiary/aromatic N) is 2. The van der Waals surface area contributed by atoms with Gasteiger partial charge in [-0.3, -0.25) is 0 Å². The molecule has 0 bridgehead atoms. The summed E-state index contributed by atoms with van der Waals surface area (Å²) >= 11 is 1.05. The van der Waals surface area contributed by atoms with E-state index in [1.807, 2.05) is 0 Å². The first-order chi connectivity index (χ1) is 7.97. The predicted octanol–water partition coefficient (Wildman–Crippen LogP) is 0.500. The van der Waals surface area contributed by atoms with Crippen LogP contribution in [0, 0.1) is 6.92 Å². The van der Waals surface area contributed by atoms with Crippen LogP contribution in [-0.2, 0) is 16.6 Å². The molecule has 17 heavy (non-hydrogen) atoms.